The number of amides is 1. The number of pyridine rings is 1. The van der Waals surface area contributed by atoms with Crippen molar-refractivity contribution in [3.63, 3.8) is 0 Å². The first kappa shape index (κ1) is 14.9. The molecule has 1 amide bonds. The Kier molecular flexibility index (Phi) is 4.81. The van der Waals surface area contributed by atoms with Gasteiger partial charge in [-0.05, 0) is 19.9 Å². The molecule has 21 heavy (non-hydrogen) atoms. The molecule has 112 valence electrons. The Balaban J connectivity index is 1.95. The molecule has 2 rings (SSSR count). The van der Waals surface area contributed by atoms with E-state index in [9.17, 15) is 9.18 Å². The van der Waals surface area contributed by atoms with E-state index in [4.69, 9.17) is 4.52 Å². The smallest absolute Gasteiger partial charge is 0.254 e. The van der Waals surface area contributed by atoms with Gasteiger partial charge in [0.15, 0.2) is 17.5 Å². The van der Waals surface area contributed by atoms with Crippen molar-refractivity contribution in [2.45, 2.75) is 20.3 Å². The summed E-state index contributed by atoms with van der Waals surface area (Å²) in [6.07, 6.45) is 1.77. The summed E-state index contributed by atoms with van der Waals surface area (Å²) in [7, 11) is 0. The van der Waals surface area contributed by atoms with E-state index in [0.29, 0.717) is 24.7 Å². The fraction of sp³-hybridized carbons (Fsp3) is 0.385. The van der Waals surface area contributed by atoms with Crippen LogP contribution >= 0.6 is 0 Å². The van der Waals surface area contributed by atoms with Gasteiger partial charge in [0, 0.05) is 25.7 Å². The molecule has 0 radical (unpaired) electrons. The number of nitrogens with zero attached hydrogens (tertiary/aromatic N) is 3. The molecule has 8 heteroatoms. The highest BCUT2D eigenvalue weighted by Gasteiger charge is 2.15. The number of carbonyl (C=O) groups excluding carboxylic acids is 1. The molecule has 0 bridgehead atoms. The fourth-order valence-corrected chi connectivity index (χ4v) is 1.73. The minimum Gasteiger partial charge on any atom is -0.368 e. The van der Waals surface area contributed by atoms with Crippen LogP contribution in [-0.4, -0.2) is 34.1 Å². The summed E-state index contributed by atoms with van der Waals surface area (Å²) in [5, 5.41) is 9.00. The number of anilines is 1. The molecular formula is C13H16FN5O2. The molecule has 0 fully saturated rings. The topological polar surface area (TPSA) is 92.9 Å². The first-order valence-electron chi connectivity index (χ1n) is 6.57. The molecule has 0 aliphatic rings. The minimum atomic E-state index is -0.662. The van der Waals surface area contributed by atoms with Crippen LogP contribution < -0.4 is 10.6 Å². The standard InChI is InChI=1S/C13H16FN5O2/c1-3-15-12-11(14)9(4-6-16-12)13(20)17-7-5-10-18-8(2)19-21-10/h4,6H,3,5,7H2,1-2H3,(H,15,16)(H,17,20). The van der Waals surface area contributed by atoms with Crippen LogP contribution in [0.25, 0.3) is 0 Å². The highest BCUT2D eigenvalue weighted by molar-refractivity contribution is 5.95. The van der Waals surface area contributed by atoms with Gasteiger partial charge < -0.3 is 15.2 Å². The highest BCUT2D eigenvalue weighted by atomic mass is 19.1. The van der Waals surface area contributed by atoms with Gasteiger partial charge in [-0.1, -0.05) is 5.16 Å². The van der Waals surface area contributed by atoms with Gasteiger partial charge in [0.2, 0.25) is 5.89 Å². The second-order valence-electron chi connectivity index (χ2n) is 4.29. The van der Waals surface area contributed by atoms with E-state index >= 15 is 0 Å². The summed E-state index contributed by atoms with van der Waals surface area (Å²) in [5.41, 5.74) is -0.0531. The van der Waals surface area contributed by atoms with Crippen molar-refractivity contribution in [3.8, 4) is 0 Å². The molecule has 0 saturated heterocycles. The van der Waals surface area contributed by atoms with Gasteiger partial charge in [0.25, 0.3) is 5.91 Å². The Hall–Kier alpha value is -2.51. The Morgan fingerprint density at radius 1 is 1.48 bits per heavy atom. The van der Waals surface area contributed by atoms with Gasteiger partial charge in [0.1, 0.15) is 0 Å². The quantitative estimate of drug-likeness (QED) is 0.834. The zero-order valence-electron chi connectivity index (χ0n) is 11.8. The lowest BCUT2D eigenvalue weighted by atomic mass is 10.2. The zero-order chi connectivity index (χ0) is 15.2. The van der Waals surface area contributed by atoms with Gasteiger partial charge in [-0.15, -0.1) is 0 Å². The van der Waals surface area contributed by atoms with Gasteiger partial charge in [-0.3, -0.25) is 4.79 Å². The Bertz CT molecular complexity index is 629. The van der Waals surface area contributed by atoms with Crippen LogP contribution in [0.15, 0.2) is 16.8 Å². The van der Waals surface area contributed by atoms with Crippen molar-refractivity contribution in [3.05, 3.63) is 35.4 Å². The number of carbonyl (C=O) groups is 1. The van der Waals surface area contributed by atoms with Crippen molar-refractivity contribution in [2.24, 2.45) is 0 Å². The van der Waals surface area contributed by atoms with Crippen molar-refractivity contribution >= 4 is 11.7 Å². The first-order chi connectivity index (χ1) is 10.1. The summed E-state index contributed by atoms with van der Waals surface area (Å²) >= 11 is 0. The Labute approximate surface area is 121 Å². The molecule has 2 N–H and O–H groups in total. The minimum absolute atomic E-state index is 0.0531. The summed E-state index contributed by atoms with van der Waals surface area (Å²) < 4.78 is 19.0. The number of aryl methyl sites for hydroxylation is 1. The maximum absolute atomic E-state index is 14.0. The molecule has 2 aromatic rings. The van der Waals surface area contributed by atoms with E-state index in [0.717, 1.165) is 0 Å². The number of nitrogens with one attached hydrogen (secondary N) is 2. The maximum atomic E-state index is 14.0. The van der Waals surface area contributed by atoms with Crippen LogP contribution in [0.5, 0.6) is 0 Å². The average Bonchev–Trinajstić information content (AvgIpc) is 2.87. The third kappa shape index (κ3) is 3.74. The average molecular weight is 293 g/mol. The molecule has 0 aliphatic carbocycles. The lowest BCUT2D eigenvalue weighted by Crippen LogP contribution is -2.27. The third-order valence-electron chi connectivity index (χ3n) is 2.67. The van der Waals surface area contributed by atoms with Crippen LogP contribution in [0, 0.1) is 12.7 Å². The van der Waals surface area contributed by atoms with Crippen LogP contribution in [0.3, 0.4) is 0 Å². The molecule has 0 spiro atoms. The van der Waals surface area contributed by atoms with Crippen LogP contribution in [-0.2, 0) is 6.42 Å². The van der Waals surface area contributed by atoms with Crippen LogP contribution in [0.4, 0.5) is 10.2 Å². The van der Waals surface area contributed by atoms with E-state index in [2.05, 4.69) is 25.8 Å². The molecule has 0 saturated carbocycles. The monoisotopic (exact) mass is 293 g/mol. The molecule has 2 heterocycles. The van der Waals surface area contributed by atoms with Gasteiger partial charge in [-0.2, -0.15) is 4.98 Å². The zero-order valence-corrected chi connectivity index (χ0v) is 11.8. The van der Waals surface area contributed by atoms with Gasteiger partial charge >= 0.3 is 0 Å². The summed E-state index contributed by atoms with van der Waals surface area (Å²) in [6, 6.07) is 1.34. The molecule has 7 nitrogen and oxygen atoms in total. The number of rotatable bonds is 6. The van der Waals surface area contributed by atoms with Crippen molar-refractivity contribution in [1.29, 1.82) is 0 Å². The molecular weight excluding hydrogens is 277 g/mol. The Morgan fingerprint density at radius 2 is 2.29 bits per heavy atom. The fourth-order valence-electron chi connectivity index (χ4n) is 1.73. The summed E-state index contributed by atoms with van der Waals surface area (Å²) in [6.45, 7) is 4.32. The van der Waals surface area contributed by atoms with E-state index in [-0.39, 0.29) is 17.9 Å². The lowest BCUT2D eigenvalue weighted by Gasteiger charge is -2.08. The maximum Gasteiger partial charge on any atom is 0.254 e. The highest BCUT2D eigenvalue weighted by Crippen LogP contribution is 2.14. The first-order valence-corrected chi connectivity index (χ1v) is 6.57. The van der Waals surface area contributed by atoms with Crippen molar-refractivity contribution in [2.75, 3.05) is 18.4 Å². The molecule has 2 aromatic heterocycles. The lowest BCUT2D eigenvalue weighted by molar-refractivity contribution is 0.0949. The van der Waals surface area contributed by atoms with Gasteiger partial charge in [-0.25, -0.2) is 9.37 Å². The predicted molar refractivity (Wildman–Crippen MR) is 73.4 cm³/mol. The largest absolute Gasteiger partial charge is 0.368 e. The van der Waals surface area contributed by atoms with Gasteiger partial charge in [0.05, 0.1) is 5.56 Å². The van der Waals surface area contributed by atoms with E-state index in [1.807, 2.05) is 6.92 Å². The number of hydrogen-bond donors (Lipinski definition) is 2. The van der Waals surface area contributed by atoms with Crippen LogP contribution in [0.1, 0.15) is 29.0 Å². The number of halogens is 1. The van der Waals surface area contributed by atoms with E-state index < -0.39 is 11.7 Å². The normalized spacial score (nSPS) is 10.4. The van der Waals surface area contributed by atoms with E-state index in [1.165, 1.54) is 12.3 Å². The molecule has 0 aliphatic heterocycles. The second kappa shape index (κ2) is 6.78. The number of aromatic nitrogens is 3. The SMILES string of the molecule is CCNc1nccc(C(=O)NCCc2nc(C)no2)c1F. The van der Waals surface area contributed by atoms with E-state index in [1.54, 1.807) is 6.92 Å². The summed E-state index contributed by atoms with van der Waals surface area (Å²) in [5.74, 6) is -0.142. The third-order valence-corrected chi connectivity index (χ3v) is 2.67. The number of hydrogen-bond acceptors (Lipinski definition) is 6. The summed E-state index contributed by atoms with van der Waals surface area (Å²) in [4.78, 5) is 19.8. The Morgan fingerprint density at radius 3 is 2.95 bits per heavy atom. The molecule has 0 atom stereocenters. The predicted octanol–water partition coefficient (Wildman–Crippen LogP) is 1.32. The second-order valence-corrected chi connectivity index (χ2v) is 4.29. The molecule has 0 unspecified atom stereocenters. The molecule has 0 aromatic carbocycles. The van der Waals surface area contributed by atoms with Crippen molar-refractivity contribution in [1.82, 2.24) is 20.4 Å². The van der Waals surface area contributed by atoms with Crippen molar-refractivity contribution < 1.29 is 13.7 Å². The van der Waals surface area contributed by atoms with Crippen LogP contribution in [0.2, 0.25) is 0 Å².